The van der Waals surface area contributed by atoms with Gasteiger partial charge < -0.3 is 35.6 Å². The third kappa shape index (κ3) is 7.14. The van der Waals surface area contributed by atoms with E-state index in [-0.39, 0.29) is 18.0 Å². The first-order valence-corrected chi connectivity index (χ1v) is 13.3. The SMILES string of the molecule is CC(C)(C)OC(=O)N1CCC[C@H](NC(=O)c2sc(-c3ccc(N4CCOCC4)cc3)cc2NC(N)=O)C1. The molecule has 4 rings (SSSR count). The third-order valence-corrected chi connectivity index (χ3v) is 7.32. The molecular formula is C26H35N5O5S. The van der Waals surface area contributed by atoms with E-state index in [4.69, 9.17) is 15.2 Å². The van der Waals surface area contributed by atoms with E-state index in [1.165, 1.54) is 11.3 Å². The molecule has 37 heavy (non-hydrogen) atoms. The molecule has 0 bridgehead atoms. The summed E-state index contributed by atoms with van der Waals surface area (Å²) in [4.78, 5) is 42.5. The standard InChI is InChI=1S/C26H35N5O5S/c1-26(2,3)36-25(34)31-10-4-5-18(16-31)28-23(32)22-20(29-24(27)33)15-21(37-22)17-6-8-19(9-7-17)30-11-13-35-14-12-30/h6-9,15,18H,4-5,10-14,16H2,1-3H3,(H,28,32)(H3,27,29,33)/t18-/m0/s1. The number of hydrogen-bond acceptors (Lipinski definition) is 7. The van der Waals surface area contributed by atoms with Gasteiger partial charge in [0.15, 0.2) is 0 Å². The van der Waals surface area contributed by atoms with Gasteiger partial charge in [-0.3, -0.25) is 4.79 Å². The van der Waals surface area contributed by atoms with Crippen molar-refractivity contribution >= 4 is 40.7 Å². The molecule has 2 aliphatic heterocycles. The van der Waals surface area contributed by atoms with Crippen molar-refractivity contribution in [3.05, 3.63) is 35.2 Å². The second-order valence-electron chi connectivity index (χ2n) is 10.2. The summed E-state index contributed by atoms with van der Waals surface area (Å²) in [5.41, 5.74) is 7.20. The van der Waals surface area contributed by atoms with Crippen molar-refractivity contribution in [2.75, 3.05) is 49.6 Å². The Kier molecular flexibility index (Phi) is 8.23. The number of nitrogens with two attached hydrogens (primary N) is 1. The number of morpholine rings is 1. The molecule has 1 aromatic carbocycles. The van der Waals surface area contributed by atoms with Gasteiger partial charge in [0, 0.05) is 42.8 Å². The van der Waals surface area contributed by atoms with Crippen molar-refractivity contribution in [2.24, 2.45) is 5.73 Å². The highest BCUT2D eigenvalue weighted by Gasteiger charge is 2.29. The second-order valence-corrected chi connectivity index (χ2v) is 11.3. The quantitative estimate of drug-likeness (QED) is 0.540. The maximum atomic E-state index is 13.3. The van der Waals surface area contributed by atoms with Gasteiger partial charge >= 0.3 is 12.1 Å². The number of carbonyl (C=O) groups is 3. The number of nitrogens with zero attached hydrogens (tertiary/aromatic N) is 2. The number of anilines is 2. The lowest BCUT2D eigenvalue weighted by atomic mass is 10.1. The minimum absolute atomic E-state index is 0.228. The molecule has 0 radical (unpaired) electrons. The number of primary amides is 1. The van der Waals surface area contributed by atoms with Gasteiger partial charge in [-0.1, -0.05) is 12.1 Å². The van der Waals surface area contributed by atoms with E-state index in [2.05, 4.69) is 27.7 Å². The second kappa shape index (κ2) is 11.4. The summed E-state index contributed by atoms with van der Waals surface area (Å²) in [6.07, 6.45) is 1.11. The van der Waals surface area contributed by atoms with Crippen LogP contribution in [0.1, 0.15) is 43.3 Å². The van der Waals surface area contributed by atoms with E-state index in [1.54, 1.807) is 11.0 Å². The summed E-state index contributed by atoms with van der Waals surface area (Å²) in [5, 5.41) is 5.60. The summed E-state index contributed by atoms with van der Waals surface area (Å²) in [6.45, 7) is 9.54. The fraction of sp³-hybridized carbons (Fsp3) is 0.500. The molecule has 11 heteroatoms. The van der Waals surface area contributed by atoms with Crippen molar-refractivity contribution in [3.8, 4) is 10.4 Å². The lowest BCUT2D eigenvalue weighted by molar-refractivity contribution is 0.0185. The molecule has 0 saturated carbocycles. The van der Waals surface area contributed by atoms with Crippen molar-refractivity contribution in [1.82, 2.24) is 10.2 Å². The zero-order chi connectivity index (χ0) is 26.6. The van der Waals surface area contributed by atoms with E-state index in [9.17, 15) is 14.4 Å². The van der Waals surface area contributed by atoms with Gasteiger partial charge in [0.25, 0.3) is 5.91 Å². The van der Waals surface area contributed by atoms with Crippen molar-refractivity contribution in [1.29, 1.82) is 0 Å². The molecule has 3 heterocycles. The molecule has 2 aliphatic rings. The molecule has 1 aromatic heterocycles. The molecule has 2 aromatic rings. The summed E-state index contributed by atoms with van der Waals surface area (Å²) < 4.78 is 10.9. The zero-order valence-corrected chi connectivity index (χ0v) is 22.4. The minimum Gasteiger partial charge on any atom is -0.444 e. The van der Waals surface area contributed by atoms with Gasteiger partial charge in [0.2, 0.25) is 0 Å². The summed E-state index contributed by atoms with van der Waals surface area (Å²) in [7, 11) is 0. The Hall–Kier alpha value is -3.31. The average molecular weight is 530 g/mol. The Bertz CT molecular complexity index is 1120. The van der Waals surface area contributed by atoms with Crippen LogP contribution >= 0.6 is 11.3 Å². The predicted molar refractivity (Wildman–Crippen MR) is 144 cm³/mol. The number of nitrogens with one attached hydrogen (secondary N) is 2. The monoisotopic (exact) mass is 529 g/mol. The number of carbonyl (C=O) groups excluding carboxylic acids is 3. The number of piperidine rings is 1. The molecule has 2 fully saturated rings. The van der Waals surface area contributed by atoms with Crippen LogP contribution in [-0.2, 0) is 9.47 Å². The fourth-order valence-electron chi connectivity index (χ4n) is 4.42. The highest BCUT2D eigenvalue weighted by molar-refractivity contribution is 7.18. The molecule has 0 spiro atoms. The molecule has 0 unspecified atom stereocenters. The van der Waals surface area contributed by atoms with Crippen LogP contribution in [0.25, 0.3) is 10.4 Å². The molecular weight excluding hydrogens is 494 g/mol. The van der Waals surface area contributed by atoms with Crippen LogP contribution in [0.4, 0.5) is 21.0 Å². The van der Waals surface area contributed by atoms with Crippen LogP contribution in [0.3, 0.4) is 0 Å². The summed E-state index contributed by atoms with van der Waals surface area (Å²) >= 11 is 1.29. The van der Waals surface area contributed by atoms with Gasteiger partial charge in [-0.15, -0.1) is 11.3 Å². The van der Waals surface area contributed by atoms with Crippen LogP contribution in [0.5, 0.6) is 0 Å². The highest BCUT2D eigenvalue weighted by atomic mass is 32.1. The molecule has 10 nitrogen and oxygen atoms in total. The zero-order valence-electron chi connectivity index (χ0n) is 21.5. The van der Waals surface area contributed by atoms with Gasteiger partial charge in [0.1, 0.15) is 10.5 Å². The molecule has 4 N–H and O–H groups in total. The maximum absolute atomic E-state index is 13.3. The number of thiophene rings is 1. The number of urea groups is 1. The Morgan fingerprint density at radius 3 is 2.46 bits per heavy atom. The first-order chi connectivity index (χ1) is 17.6. The van der Waals surface area contributed by atoms with Crippen molar-refractivity contribution < 1.29 is 23.9 Å². The number of hydrogen-bond donors (Lipinski definition) is 3. The Morgan fingerprint density at radius 2 is 1.81 bits per heavy atom. The van der Waals surface area contributed by atoms with Crippen LogP contribution in [0, 0.1) is 0 Å². The van der Waals surface area contributed by atoms with E-state index < -0.39 is 11.6 Å². The lowest BCUT2D eigenvalue weighted by Crippen LogP contribution is -2.50. The molecule has 2 saturated heterocycles. The van der Waals surface area contributed by atoms with Crippen LogP contribution in [-0.4, -0.2) is 74.0 Å². The van der Waals surface area contributed by atoms with Crippen molar-refractivity contribution in [2.45, 2.75) is 45.3 Å². The molecule has 4 amide bonds. The van der Waals surface area contributed by atoms with E-state index >= 15 is 0 Å². The largest absolute Gasteiger partial charge is 0.444 e. The van der Waals surface area contributed by atoms with Gasteiger partial charge in [-0.05, 0) is 57.4 Å². The van der Waals surface area contributed by atoms with Crippen LogP contribution in [0.15, 0.2) is 30.3 Å². The molecule has 1 atom stereocenters. The Labute approximate surface area is 221 Å². The highest BCUT2D eigenvalue weighted by Crippen LogP contribution is 2.36. The van der Waals surface area contributed by atoms with E-state index in [0.717, 1.165) is 42.1 Å². The first-order valence-electron chi connectivity index (χ1n) is 12.5. The Morgan fingerprint density at radius 1 is 1.11 bits per heavy atom. The van der Waals surface area contributed by atoms with Crippen molar-refractivity contribution in [3.63, 3.8) is 0 Å². The number of ether oxygens (including phenoxy) is 2. The number of likely N-dealkylation sites (tertiary alicyclic amines) is 1. The number of amides is 4. The van der Waals surface area contributed by atoms with E-state index in [1.807, 2.05) is 32.9 Å². The topological polar surface area (TPSA) is 126 Å². The first kappa shape index (κ1) is 26.7. The van der Waals surface area contributed by atoms with Gasteiger partial charge in [-0.2, -0.15) is 0 Å². The Balaban J connectivity index is 1.47. The smallest absolute Gasteiger partial charge is 0.410 e. The summed E-state index contributed by atoms with van der Waals surface area (Å²) in [5.74, 6) is -0.319. The van der Waals surface area contributed by atoms with Gasteiger partial charge in [-0.25, -0.2) is 9.59 Å². The minimum atomic E-state index is -0.741. The average Bonchev–Trinajstić information content (AvgIpc) is 3.27. The van der Waals surface area contributed by atoms with E-state index in [0.29, 0.717) is 36.9 Å². The molecule has 200 valence electrons. The maximum Gasteiger partial charge on any atom is 0.410 e. The lowest BCUT2D eigenvalue weighted by Gasteiger charge is -2.34. The van der Waals surface area contributed by atoms with Crippen LogP contribution in [0.2, 0.25) is 0 Å². The van der Waals surface area contributed by atoms with Crippen LogP contribution < -0.4 is 21.3 Å². The predicted octanol–water partition coefficient (Wildman–Crippen LogP) is 3.87. The normalized spacial score (nSPS) is 18.3. The number of rotatable bonds is 5. The fourth-order valence-corrected chi connectivity index (χ4v) is 5.45. The van der Waals surface area contributed by atoms with Gasteiger partial charge in [0.05, 0.1) is 18.9 Å². The summed E-state index contributed by atoms with van der Waals surface area (Å²) in [6, 6.07) is 8.91. The third-order valence-electron chi connectivity index (χ3n) is 6.13. The number of benzene rings is 1. The molecule has 0 aliphatic carbocycles.